The zero-order valence-corrected chi connectivity index (χ0v) is 12.0. The van der Waals surface area contributed by atoms with Gasteiger partial charge in [0.15, 0.2) is 11.6 Å². The number of ether oxygens (including phenoxy) is 1. The highest BCUT2D eigenvalue weighted by Crippen LogP contribution is 2.19. The Balaban J connectivity index is 1.84. The third kappa shape index (κ3) is 5.22. The van der Waals surface area contributed by atoms with Crippen LogP contribution < -0.4 is 10.1 Å². The lowest BCUT2D eigenvalue weighted by molar-refractivity contribution is -0.0498. The Morgan fingerprint density at radius 1 is 1.00 bits per heavy atom. The first kappa shape index (κ1) is 17.2. The molecule has 23 heavy (non-hydrogen) atoms. The number of aliphatic hydroxyl groups excluding tert-OH is 1. The van der Waals surface area contributed by atoms with Gasteiger partial charge in [-0.25, -0.2) is 8.78 Å². The van der Waals surface area contributed by atoms with Crippen LogP contribution in [0.15, 0.2) is 42.5 Å². The van der Waals surface area contributed by atoms with Crippen molar-refractivity contribution < 1.29 is 27.4 Å². The Labute approximate surface area is 130 Å². The zero-order chi connectivity index (χ0) is 16.8. The van der Waals surface area contributed by atoms with Crippen LogP contribution in [0.2, 0.25) is 0 Å². The average Bonchev–Trinajstić information content (AvgIpc) is 2.51. The number of nitrogens with one attached hydrogen (secondary N) is 1. The smallest absolute Gasteiger partial charge is 0.387 e. The van der Waals surface area contributed by atoms with Gasteiger partial charge in [-0.15, -0.1) is 0 Å². The number of alkyl halides is 2. The second-order valence-corrected chi connectivity index (χ2v) is 4.84. The average molecular weight is 329 g/mol. The zero-order valence-electron chi connectivity index (χ0n) is 12.0. The van der Waals surface area contributed by atoms with Crippen molar-refractivity contribution in [3.05, 3.63) is 65.2 Å². The minimum Gasteiger partial charge on any atom is -0.435 e. The Morgan fingerprint density at radius 2 is 1.70 bits per heavy atom. The summed E-state index contributed by atoms with van der Waals surface area (Å²) >= 11 is 0. The molecule has 0 saturated carbocycles. The number of aliphatic hydroxyl groups is 1. The van der Waals surface area contributed by atoms with Crippen molar-refractivity contribution in [2.24, 2.45) is 0 Å². The molecule has 2 aromatic rings. The van der Waals surface area contributed by atoms with Gasteiger partial charge < -0.3 is 15.2 Å². The van der Waals surface area contributed by atoms with Gasteiger partial charge in [0.2, 0.25) is 0 Å². The van der Waals surface area contributed by atoms with Gasteiger partial charge in [0.05, 0.1) is 6.10 Å². The van der Waals surface area contributed by atoms with Gasteiger partial charge in [-0.3, -0.25) is 0 Å². The summed E-state index contributed by atoms with van der Waals surface area (Å²) < 4.78 is 54.1. The van der Waals surface area contributed by atoms with E-state index < -0.39 is 24.3 Å². The normalized spacial score (nSPS) is 12.4. The molecular formula is C16H15F4NO2. The highest BCUT2D eigenvalue weighted by Gasteiger charge is 2.09. The number of hydrogen-bond acceptors (Lipinski definition) is 3. The van der Waals surface area contributed by atoms with Gasteiger partial charge in [0, 0.05) is 13.1 Å². The first-order chi connectivity index (χ1) is 11.0. The van der Waals surface area contributed by atoms with Crippen molar-refractivity contribution >= 4 is 0 Å². The van der Waals surface area contributed by atoms with Gasteiger partial charge >= 0.3 is 6.61 Å². The van der Waals surface area contributed by atoms with Crippen molar-refractivity contribution in [2.75, 3.05) is 6.54 Å². The van der Waals surface area contributed by atoms with Crippen molar-refractivity contribution in [2.45, 2.75) is 19.3 Å². The molecule has 0 heterocycles. The van der Waals surface area contributed by atoms with E-state index in [1.807, 2.05) is 0 Å². The molecule has 0 fully saturated rings. The van der Waals surface area contributed by atoms with Crippen molar-refractivity contribution in [3.8, 4) is 5.75 Å². The fraction of sp³-hybridized carbons (Fsp3) is 0.250. The van der Waals surface area contributed by atoms with Crippen LogP contribution in [0.4, 0.5) is 17.6 Å². The lowest BCUT2D eigenvalue weighted by Gasteiger charge is -2.13. The summed E-state index contributed by atoms with van der Waals surface area (Å²) in [5.41, 5.74) is 1.06. The molecule has 0 aliphatic carbocycles. The molecule has 0 aliphatic heterocycles. The van der Waals surface area contributed by atoms with Crippen molar-refractivity contribution in [3.63, 3.8) is 0 Å². The van der Waals surface area contributed by atoms with Gasteiger partial charge in [0.1, 0.15) is 5.75 Å². The topological polar surface area (TPSA) is 41.5 Å². The summed E-state index contributed by atoms with van der Waals surface area (Å²) in [6, 6.07) is 9.16. The molecular weight excluding hydrogens is 314 g/mol. The molecule has 2 aromatic carbocycles. The highest BCUT2D eigenvalue weighted by atomic mass is 19.3. The van der Waals surface area contributed by atoms with Crippen LogP contribution in [0.5, 0.6) is 5.75 Å². The molecule has 0 amide bonds. The third-order valence-electron chi connectivity index (χ3n) is 3.14. The molecule has 1 unspecified atom stereocenters. The van der Waals surface area contributed by atoms with Gasteiger partial charge in [-0.1, -0.05) is 18.2 Å². The molecule has 7 heteroatoms. The fourth-order valence-corrected chi connectivity index (χ4v) is 1.99. The summed E-state index contributed by atoms with van der Waals surface area (Å²) in [7, 11) is 0. The van der Waals surface area contributed by atoms with E-state index in [0.717, 1.165) is 12.1 Å². The monoisotopic (exact) mass is 329 g/mol. The minimum atomic E-state index is -2.90. The predicted molar refractivity (Wildman–Crippen MR) is 76.1 cm³/mol. The number of halogens is 4. The predicted octanol–water partition coefficient (Wildman–Crippen LogP) is 3.39. The Hall–Kier alpha value is -2.12. The molecule has 0 bridgehead atoms. The maximum Gasteiger partial charge on any atom is 0.387 e. The quantitative estimate of drug-likeness (QED) is 0.765. The number of benzene rings is 2. The van der Waals surface area contributed by atoms with Crippen LogP contribution in [0.1, 0.15) is 17.2 Å². The second kappa shape index (κ2) is 7.94. The summed E-state index contributed by atoms with van der Waals surface area (Å²) in [6.45, 7) is -2.49. The van der Waals surface area contributed by atoms with E-state index in [2.05, 4.69) is 10.1 Å². The van der Waals surface area contributed by atoms with Crippen LogP contribution >= 0.6 is 0 Å². The van der Waals surface area contributed by atoms with E-state index in [0.29, 0.717) is 11.1 Å². The molecule has 2 N–H and O–H groups in total. The fourth-order valence-electron chi connectivity index (χ4n) is 1.99. The first-order valence-corrected chi connectivity index (χ1v) is 6.83. The summed E-state index contributed by atoms with van der Waals surface area (Å²) in [5, 5.41) is 12.9. The minimum absolute atomic E-state index is 0.00527. The Morgan fingerprint density at radius 3 is 2.30 bits per heavy atom. The SMILES string of the molecule is OC(CNCc1ccc(F)c(F)c1)c1ccc(OC(F)F)cc1. The van der Waals surface area contributed by atoms with Crippen LogP contribution in [-0.2, 0) is 6.54 Å². The Kier molecular flexibility index (Phi) is 5.95. The molecule has 0 aliphatic rings. The van der Waals surface area contributed by atoms with E-state index in [1.54, 1.807) is 0 Å². The van der Waals surface area contributed by atoms with Crippen LogP contribution in [0, 0.1) is 11.6 Å². The van der Waals surface area contributed by atoms with Crippen molar-refractivity contribution in [1.29, 1.82) is 0 Å². The molecule has 0 radical (unpaired) electrons. The number of hydrogen-bond donors (Lipinski definition) is 2. The van der Waals surface area contributed by atoms with Crippen molar-refractivity contribution in [1.82, 2.24) is 5.32 Å². The summed E-state index contributed by atoms with van der Waals surface area (Å²) in [5.74, 6) is -1.84. The van der Waals surface area contributed by atoms with Crippen LogP contribution in [0.25, 0.3) is 0 Å². The largest absolute Gasteiger partial charge is 0.435 e. The summed E-state index contributed by atoms with van der Waals surface area (Å²) in [4.78, 5) is 0. The number of rotatable bonds is 7. The van der Waals surface area contributed by atoms with Crippen LogP contribution in [0.3, 0.4) is 0 Å². The standard InChI is InChI=1S/C16H15F4NO2/c17-13-6-1-10(7-14(13)18)8-21-9-15(22)11-2-4-12(5-3-11)23-16(19)20/h1-7,15-16,21-22H,8-9H2. The first-order valence-electron chi connectivity index (χ1n) is 6.83. The molecule has 0 spiro atoms. The second-order valence-electron chi connectivity index (χ2n) is 4.84. The third-order valence-corrected chi connectivity index (χ3v) is 3.14. The van der Waals surface area contributed by atoms with E-state index in [4.69, 9.17) is 0 Å². The highest BCUT2D eigenvalue weighted by molar-refractivity contribution is 5.28. The molecule has 124 valence electrons. The lowest BCUT2D eigenvalue weighted by atomic mass is 10.1. The molecule has 0 aromatic heterocycles. The Bertz CT molecular complexity index is 634. The molecule has 2 rings (SSSR count). The lowest BCUT2D eigenvalue weighted by Crippen LogP contribution is -2.21. The van der Waals surface area contributed by atoms with E-state index in [1.165, 1.54) is 30.3 Å². The molecule has 0 saturated heterocycles. The van der Waals surface area contributed by atoms with E-state index >= 15 is 0 Å². The molecule has 1 atom stereocenters. The van der Waals surface area contributed by atoms with Gasteiger partial charge in [-0.05, 0) is 35.4 Å². The maximum absolute atomic E-state index is 13.0. The van der Waals surface area contributed by atoms with Gasteiger partial charge in [0.25, 0.3) is 0 Å². The van der Waals surface area contributed by atoms with E-state index in [9.17, 15) is 22.7 Å². The molecule has 3 nitrogen and oxygen atoms in total. The van der Waals surface area contributed by atoms with Gasteiger partial charge in [-0.2, -0.15) is 8.78 Å². The van der Waals surface area contributed by atoms with Crippen LogP contribution in [-0.4, -0.2) is 18.3 Å². The van der Waals surface area contributed by atoms with E-state index in [-0.39, 0.29) is 18.8 Å². The summed E-state index contributed by atoms with van der Waals surface area (Å²) in [6.07, 6.45) is -0.874. The maximum atomic E-state index is 13.0.